The predicted molar refractivity (Wildman–Crippen MR) is 51.1 cm³/mol. The Morgan fingerprint density at radius 3 is 3.00 bits per heavy atom. The lowest BCUT2D eigenvalue weighted by Gasteiger charge is -2.14. The molecule has 1 heterocycles. The van der Waals surface area contributed by atoms with Gasteiger partial charge in [-0.05, 0) is 0 Å². The Labute approximate surface area is 91.3 Å². The van der Waals surface area contributed by atoms with Crippen molar-refractivity contribution in [3.63, 3.8) is 0 Å². The minimum Gasteiger partial charge on any atom is -0.464 e. The Kier molecular flexibility index (Phi) is 3.99. The Morgan fingerprint density at radius 1 is 1.75 bits per heavy atom. The topological polar surface area (TPSA) is 119 Å². The molecule has 1 rings (SSSR count). The van der Waals surface area contributed by atoms with Crippen LogP contribution in [0.1, 0.15) is 28.6 Å². The van der Waals surface area contributed by atoms with Gasteiger partial charge in [0.15, 0.2) is 0 Å². The number of carbonyl (C=O) groups excluding carboxylic acids is 1. The fourth-order valence-electron chi connectivity index (χ4n) is 1.20. The van der Waals surface area contributed by atoms with Crippen molar-refractivity contribution in [2.24, 2.45) is 0 Å². The van der Waals surface area contributed by atoms with Crippen LogP contribution < -0.4 is 0 Å². The summed E-state index contributed by atoms with van der Waals surface area (Å²) in [6, 6.07) is 1.72. The van der Waals surface area contributed by atoms with Gasteiger partial charge in [0, 0.05) is 5.56 Å². The van der Waals surface area contributed by atoms with Crippen molar-refractivity contribution < 1.29 is 19.7 Å². The zero-order valence-electron chi connectivity index (χ0n) is 8.54. The van der Waals surface area contributed by atoms with E-state index in [2.05, 4.69) is 14.9 Å². The summed E-state index contributed by atoms with van der Waals surface area (Å²) in [5, 5.41) is 33.4. The molecule has 0 radical (unpaired) electrons. The van der Waals surface area contributed by atoms with E-state index in [-0.39, 0.29) is 17.7 Å². The van der Waals surface area contributed by atoms with Gasteiger partial charge in [-0.25, -0.2) is 4.79 Å². The van der Waals surface area contributed by atoms with Crippen LogP contribution in [0.4, 0.5) is 0 Å². The van der Waals surface area contributed by atoms with Crippen LogP contribution in [0.5, 0.6) is 0 Å². The van der Waals surface area contributed by atoms with Crippen LogP contribution in [0, 0.1) is 11.3 Å². The highest BCUT2D eigenvalue weighted by Crippen LogP contribution is 2.21. The molecule has 16 heavy (non-hydrogen) atoms. The van der Waals surface area contributed by atoms with Gasteiger partial charge in [0.1, 0.15) is 11.8 Å². The monoisotopic (exact) mass is 225 g/mol. The summed E-state index contributed by atoms with van der Waals surface area (Å²) in [5.74, 6) is -0.698. The third-order valence-corrected chi connectivity index (χ3v) is 2.04. The molecule has 0 aliphatic carbocycles. The van der Waals surface area contributed by atoms with Crippen molar-refractivity contribution in [3.05, 3.63) is 17.5 Å². The smallest absolute Gasteiger partial charge is 0.356 e. The maximum atomic E-state index is 11.2. The molecule has 0 amide bonds. The number of aromatic amines is 1. The summed E-state index contributed by atoms with van der Waals surface area (Å²) < 4.78 is 4.46. The molecule has 7 nitrogen and oxygen atoms in total. The van der Waals surface area contributed by atoms with Crippen molar-refractivity contribution in [3.8, 4) is 6.07 Å². The molecule has 0 aliphatic heterocycles. The maximum Gasteiger partial charge on any atom is 0.356 e. The molecule has 2 unspecified atom stereocenters. The number of nitrogens with zero attached hydrogens (tertiary/aromatic N) is 2. The highest BCUT2D eigenvalue weighted by Gasteiger charge is 2.25. The van der Waals surface area contributed by atoms with E-state index < -0.39 is 18.2 Å². The van der Waals surface area contributed by atoms with E-state index in [4.69, 9.17) is 5.26 Å². The summed E-state index contributed by atoms with van der Waals surface area (Å²) in [5.41, 5.74) is 0.0709. The lowest BCUT2D eigenvalue weighted by atomic mass is 10.0. The molecular formula is C9H11N3O4. The van der Waals surface area contributed by atoms with E-state index in [1.807, 2.05) is 0 Å². The van der Waals surface area contributed by atoms with Gasteiger partial charge in [-0.15, -0.1) is 0 Å². The number of aromatic nitrogens is 2. The van der Waals surface area contributed by atoms with E-state index in [9.17, 15) is 15.0 Å². The van der Waals surface area contributed by atoms with Gasteiger partial charge in [-0.2, -0.15) is 10.4 Å². The summed E-state index contributed by atoms with van der Waals surface area (Å²) in [6.07, 6.45) is -1.66. The molecule has 2 atom stereocenters. The highest BCUT2D eigenvalue weighted by atomic mass is 16.5. The second kappa shape index (κ2) is 5.25. The zero-order chi connectivity index (χ0) is 12.1. The number of esters is 1. The van der Waals surface area contributed by atoms with E-state index in [1.54, 1.807) is 6.07 Å². The van der Waals surface area contributed by atoms with Crippen molar-refractivity contribution in [1.29, 1.82) is 5.26 Å². The van der Waals surface area contributed by atoms with E-state index in [1.165, 1.54) is 13.3 Å². The lowest BCUT2D eigenvalue weighted by molar-refractivity contribution is 0.0202. The first-order valence-electron chi connectivity index (χ1n) is 4.46. The summed E-state index contributed by atoms with van der Waals surface area (Å²) in [6.45, 7) is 0. The van der Waals surface area contributed by atoms with Gasteiger partial charge in [0.2, 0.25) is 0 Å². The Hall–Kier alpha value is -1.91. The van der Waals surface area contributed by atoms with Crippen LogP contribution in [0.3, 0.4) is 0 Å². The first-order valence-corrected chi connectivity index (χ1v) is 4.46. The molecule has 0 aliphatic rings. The lowest BCUT2D eigenvalue weighted by Crippen LogP contribution is -2.19. The number of aliphatic hydroxyl groups excluding tert-OH is 2. The average molecular weight is 225 g/mol. The molecule has 1 aromatic heterocycles. The molecule has 0 saturated carbocycles. The second-order valence-electron chi connectivity index (χ2n) is 3.07. The second-order valence-corrected chi connectivity index (χ2v) is 3.07. The van der Waals surface area contributed by atoms with Gasteiger partial charge in [-0.1, -0.05) is 0 Å². The van der Waals surface area contributed by atoms with Crippen LogP contribution in [0.2, 0.25) is 0 Å². The molecule has 3 N–H and O–H groups in total. The number of hydrogen-bond acceptors (Lipinski definition) is 6. The van der Waals surface area contributed by atoms with Crippen LogP contribution >= 0.6 is 0 Å². The van der Waals surface area contributed by atoms with Crippen LogP contribution in [0.15, 0.2) is 6.20 Å². The van der Waals surface area contributed by atoms with Crippen molar-refractivity contribution in [2.45, 2.75) is 18.6 Å². The van der Waals surface area contributed by atoms with Crippen molar-refractivity contribution in [2.75, 3.05) is 7.11 Å². The fraction of sp³-hybridized carbons (Fsp3) is 0.444. The van der Waals surface area contributed by atoms with E-state index in [0.29, 0.717) is 0 Å². The molecule has 0 fully saturated rings. The van der Waals surface area contributed by atoms with Gasteiger partial charge < -0.3 is 14.9 Å². The van der Waals surface area contributed by atoms with Gasteiger partial charge in [0.05, 0.1) is 31.9 Å². The normalized spacial score (nSPS) is 13.9. The number of H-pyrrole nitrogens is 1. The molecule has 7 heteroatoms. The largest absolute Gasteiger partial charge is 0.464 e. The van der Waals surface area contributed by atoms with Crippen LogP contribution in [0.25, 0.3) is 0 Å². The van der Waals surface area contributed by atoms with Gasteiger partial charge in [0.25, 0.3) is 0 Å². The number of ether oxygens (including phenoxy) is 1. The standard InChI is InChI=1S/C9H11N3O4/c1-16-9(15)7-5(4-11-12-7)8(14)6(13)2-3-10/h4,6,8,13-14H,2H2,1H3,(H,11,12). The zero-order valence-corrected chi connectivity index (χ0v) is 8.54. The minimum atomic E-state index is -1.35. The molecule has 86 valence electrons. The first-order chi connectivity index (χ1) is 7.61. The summed E-state index contributed by atoms with van der Waals surface area (Å²) >= 11 is 0. The highest BCUT2D eigenvalue weighted by molar-refractivity contribution is 5.88. The molecule has 0 bridgehead atoms. The number of nitriles is 1. The van der Waals surface area contributed by atoms with Crippen LogP contribution in [-0.4, -0.2) is 39.6 Å². The Morgan fingerprint density at radius 2 is 2.44 bits per heavy atom. The number of rotatable bonds is 4. The molecule has 0 aromatic carbocycles. The SMILES string of the molecule is COC(=O)c1[nH]ncc1C(O)C(O)CC#N. The van der Waals surface area contributed by atoms with E-state index in [0.717, 1.165) is 0 Å². The average Bonchev–Trinajstić information content (AvgIpc) is 2.76. The predicted octanol–water partition coefficient (Wildman–Crippen LogP) is -0.496. The number of carbonyl (C=O) groups is 1. The summed E-state index contributed by atoms with van der Waals surface area (Å²) in [4.78, 5) is 11.2. The minimum absolute atomic E-state index is 0.0352. The number of hydrogen-bond donors (Lipinski definition) is 3. The number of aliphatic hydroxyl groups is 2. The molecule has 0 spiro atoms. The van der Waals surface area contributed by atoms with Gasteiger partial charge >= 0.3 is 5.97 Å². The summed E-state index contributed by atoms with van der Waals surface area (Å²) in [7, 11) is 1.19. The molecule has 0 saturated heterocycles. The first kappa shape index (κ1) is 12.2. The van der Waals surface area contributed by atoms with Gasteiger partial charge in [-0.3, -0.25) is 5.10 Å². The Balaban J connectivity index is 2.92. The fourth-order valence-corrected chi connectivity index (χ4v) is 1.20. The maximum absolute atomic E-state index is 11.2. The number of nitrogens with one attached hydrogen (secondary N) is 1. The molecule has 1 aromatic rings. The van der Waals surface area contributed by atoms with Crippen LogP contribution in [-0.2, 0) is 4.74 Å². The Bertz CT molecular complexity index is 409. The molecular weight excluding hydrogens is 214 g/mol. The third kappa shape index (κ3) is 2.36. The van der Waals surface area contributed by atoms with Crippen molar-refractivity contribution in [1.82, 2.24) is 10.2 Å². The number of methoxy groups -OCH3 is 1. The quantitative estimate of drug-likeness (QED) is 0.594. The van der Waals surface area contributed by atoms with Crippen molar-refractivity contribution >= 4 is 5.97 Å². The third-order valence-electron chi connectivity index (χ3n) is 2.04. The van der Waals surface area contributed by atoms with E-state index >= 15 is 0 Å².